The van der Waals surface area contributed by atoms with Gasteiger partial charge in [0.15, 0.2) is 0 Å². The Morgan fingerprint density at radius 3 is 1.07 bits per heavy atom. The summed E-state index contributed by atoms with van der Waals surface area (Å²) in [5.41, 5.74) is 7.78. The molecule has 9 rings (SSSR count). The quantitative estimate of drug-likeness (QED) is 0.0173. The third kappa shape index (κ3) is 56.7. The number of carbonyl (C=O) groups is 2. The SMILES string of the molecule is CCCC[N+](CCCC)(CCCC)CCCC.CCCC[N+](CCCC)(CCCC)CCCC.Cc1ccnc(-c2cccc(-c3cc(C(=O)[O-])ccn3)n2)c1.FC(F)(F)c1cc(-c2cc(/C=C/c3ccccc3)ccn2)[n-]n1.O=C(O)c1ccnc(-c2cccc(-c3ccccn3)n2)c1.O=C=O.O=C=O.O=C=O.[N-]=C=S.[N-]=C=S.[N-]=C=S.[N-]=C=S.[Ru+2].[Ru+3]. The average molecular weight is 1930 g/mol. The van der Waals surface area contributed by atoms with Crippen LogP contribution in [0.3, 0.4) is 0 Å². The number of aromatic nitrogens is 9. The number of halogens is 3. The number of isothiocyanates is 4. The van der Waals surface area contributed by atoms with Crippen molar-refractivity contribution in [3.63, 3.8) is 0 Å². The fraction of sp³-hybridized carbons (Fsp3) is 0.382. The number of alkyl halides is 3. The van der Waals surface area contributed by atoms with Crippen molar-refractivity contribution >= 4 is 112 Å². The molecule has 8 heterocycles. The molecule has 0 aliphatic carbocycles. The summed E-state index contributed by atoms with van der Waals surface area (Å²) in [6.45, 7) is 32.0. The number of nitrogens with zero attached hydrogens (tertiary/aromatic N) is 15. The second-order valence-corrected chi connectivity index (χ2v) is 26.7. The van der Waals surface area contributed by atoms with E-state index in [0.717, 1.165) is 39.8 Å². The number of quaternary nitrogens is 2. The summed E-state index contributed by atoms with van der Waals surface area (Å²) in [5, 5.41) is 60.6. The van der Waals surface area contributed by atoms with Crippen molar-refractivity contribution in [3.05, 3.63) is 226 Å². The van der Waals surface area contributed by atoms with Gasteiger partial charge >= 0.3 is 69.6 Å². The third-order valence-corrected chi connectivity index (χ3v) is 17.2. The van der Waals surface area contributed by atoms with Crippen LogP contribution in [0.5, 0.6) is 0 Å². The number of carboxylic acids is 2. The molecule has 123 heavy (non-hydrogen) atoms. The van der Waals surface area contributed by atoms with Gasteiger partial charge in [0.05, 0.1) is 109 Å². The van der Waals surface area contributed by atoms with Gasteiger partial charge in [-0.2, -0.15) is 62.6 Å². The van der Waals surface area contributed by atoms with Crippen molar-refractivity contribution in [3.8, 4) is 56.9 Å². The van der Waals surface area contributed by atoms with Crippen LogP contribution in [0.25, 0.3) is 90.7 Å². The maximum absolute atomic E-state index is 12.6. The van der Waals surface area contributed by atoms with E-state index < -0.39 is 23.8 Å². The molecule has 0 spiro atoms. The Morgan fingerprint density at radius 1 is 0.423 bits per heavy atom. The summed E-state index contributed by atoms with van der Waals surface area (Å²) in [7, 11) is 0. The first-order valence-corrected chi connectivity index (χ1v) is 40.6. The number of pyridine rings is 7. The Morgan fingerprint density at radius 2 is 0.732 bits per heavy atom. The molecular formula is C89H106F3N15O10Ru2S4+. The largest absolute Gasteiger partial charge is 3.00 e. The molecule has 34 heteroatoms. The second kappa shape index (κ2) is 78.7. The molecule has 0 amide bonds. The number of hydrogen-bond acceptors (Lipinski definition) is 21. The predicted octanol–water partition coefficient (Wildman–Crippen LogP) is 20.0. The summed E-state index contributed by atoms with van der Waals surface area (Å²) in [5.74, 6) is -2.22. The van der Waals surface area contributed by atoms with Crippen LogP contribution >= 0.6 is 48.9 Å². The van der Waals surface area contributed by atoms with Gasteiger partial charge < -0.3 is 55.8 Å². The Balaban J connectivity index is -0.000000445. The first-order chi connectivity index (χ1) is 58.3. The normalized spacial score (nSPS) is 9.63. The number of thiocarbonyl (C=S) groups is 4. The molecule has 0 saturated heterocycles. The smallest absolute Gasteiger partial charge is 0.753 e. The van der Waals surface area contributed by atoms with Crippen LogP contribution in [-0.2, 0) is 73.9 Å². The molecule has 8 aromatic heterocycles. The monoisotopic (exact) mass is 1930 g/mol. The summed E-state index contributed by atoms with van der Waals surface area (Å²) < 4.78 is 40.6. The number of rotatable bonds is 33. The third-order valence-electron chi connectivity index (χ3n) is 17.2. The van der Waals surface area contributed by atoms with Crippen molar-refractivity contribution < 1.29 is 110 Å². The molecule has 0 unspecified atom stereocenters. The number of hydrogen-bond donors (Lipinski definition) is 1. The zero-order valence-corrected chi connectivity index (χ0v) is 77.3. The topological polar surface area (TPSA) is 386 Å². The van der Waals surface area contributed by atoms with E-state index in [-0.39, 0.29) is 74.2 Å². The van der Waals surface area contributed by atoms with Gasteiger partial charge in [-0.05, 0) is 166 Å². The Bertz CT molecular complexity index is 4390. The van der Waals surface area contributed by atoms with Crippen LogP contribution in [0.4, 0.5) is 13.2 Å². The minimum absolute atomic E-state index is 0. The van der Waals surface area contributed by atoms with Gasteiger partial charge in [-0.1, -0.05) is 222 Å². The number of benzene rings is 1. The zero-order valence-electron chi connectivity index (χ0n) is 70.6. The molecule has 1 N–H and O–H groups in total. The first-order valence-electron chi connectivity index (χ1n) is 38.9. The molecule has 0 aliphatic heterocycles. The molecule has 0 aliphatic rings. The maximum Gasteiger partial charge on any atom is 3.00 e. The molecule has 657 valence electrons. The number of carbonyl (C=O) groups excluding carboxylic acids is 7. The maximum atomic E-state index is 12.6. The number of aromatic carboxylic acids is 2. The molecule has 0 bridgehead atoms. The molecule has 0 saturated carbocycles. The summed E-state index contributed by atoms with van der Waals surface area (Å²) >= 11 is 14.8. The number of unbranched alkanes of at least 4 members (excludes halogenated alkanes) is 8. The van der Waals surface area contributed by atoms with Crippen molar-refractivity contribution in [2.75, 3.05) is 52.4 Å². The van der Waals surface area contributed by atoms with E-state index >= 15 is 0 Å². The van der Waals surface area contributed by atoms with E-state index in [1.54, 1.807) is 36.7 Å². The Hall–Kier alpha value is -10.5. The van der Waals surface area contributed by atoms with Gasteiger partial charge in [-0.25, -0.2) is 14.8 Å². The Kier molecular flexibility index (Phi) is 77.4. The molecule has 9 aromatic rings. The van der Waals surface area contributed by atoms with E-state index in [4.69, 9.17) is 55.5 Å². The Labute approximate surface area is 767 Å². The van der Waals surface area contributed by atoms with Crippen LogP contribution in [0.1, 0.15) is 201 Å². The fourth-order valence-corrected chi connectivity index (χ4v) is 11.3. The number of aryl methyl sites for hydroxylation is 1. The van der Waals surface area contributed by atoms with Crippen LogP contribution < -0.4 is 10.2 Å². The van der Waals surface area contributed by atoms with Crippen LogP contribution in [0.2, 0.25) is 0 Å². The van der Waals surface area contributed by atoms with Crippen molar-refractivity contribution in [1.82, 2.24) is 45.1 Å². The first kappa shape index (κ1) is 121. The predicted molar refractivity (Wildman–Crippen MR) is 476 cm³/mol. The van der Waals surface area contributed by atoms with Gasteiger partial charge in [-0.15, -0.1) is 0 Å². The van der Waals surface area contributed by atoms with E-state index in [2.05, 4.69) is 149 Å². The van der Waals surface area contributed by atoms with E-state index in [9.17, 15) is 27.9 Å². The van der Waals surface area contributed by atoms with Crippen LogP contribution in [0, 0.1) is 6.92 Å². The van der Waals surface area contributed by atoms with Crippen molar-refractivity contribution in [2.45, 2.75) is 171 Å². The second-order valence-electron chi connectivity index (χ2n) is 25.9. The molecule has 1 aromatic carbocycles. The van der Waals surface area contributed by atoms with E-state index in [1.807, 2.05) is 104 Å². The summed E-state index contributed by atoms with van der Waals surface area (Å²) in [6, 6.07) is 40.2. The summed E-state index contributed by atoms with van der Waals surface area (Å²) in [6.07, 6.45) is 30.0. The minimum Gasteiger partial charge on any atom is -0.753 e. The van der Waals surface area contributed by atoms with Crippen molar-refractivity contribution in [1.29, 1.82) is 0 Å². The fourth-order valence-electron chi connectivity index (χ4n) is 11.3. The van der Waals surface area contributed by atoms with E-state index in [1.165, 1.54) is 228 Å². The van der Waals surface area contributed by atoms with Gasteiger partial charge in [0.25, 0.3) is 0 Å². The minimum atomic E-state index is -4.50. The molecular weight excluding hydrogens is 1830 g/mol. The average Bonchev–Trinajstić information content (AvgIpc) is 1.80. The zero-order chi connectivity index (χ0) is 91.4. The molecule has 0 fully saturated rings. The van der Waals surface area contributed by atoms with Crippen molar-refractivity contribution in [2.24, 2.45) is 0 Å². The van der Waals surface area contributed by atoms with Gasteiger partial charge in [-0.3, -0.25) is 24.9 Å². The number of carboxylic acid groups (broad SMARTS) is 2. The standard InChI is InChI=1S/C17H11F3N3.C17H13N3O2.C16H11N3O2.2C16H36N.4CNS.3CO2.2Ru/c18-17(19,20)16-11-15(22-23-16)14-10-13(8-9-21-14)7-6-12-4-2-1-3-5-12;1-11-5-7-18-15(9-11)13-3-2-4-14(20-13)16-10-12(17(21)22)6-8-19-16;20-16(21)11-7-9-18-15(10-11)14-6-3-5-13(19-14)12-4-1-2-8-17-12;2*1-5-9-13-17(14-10-6-2,15-11-7-3)16-12-8-4;7*2-1-3;;/h1-11H;2-10H,1H3,(H,21,22);1-10H,(H,20,21);2*5-16H2,1-4H3;;;;;;;;;/q-1;;;2*+1;4*-1;;;;+2;+3/p-1/b7-6+;;;;;;;;;;;;;. The van der Waals surface area contributed by atoms with Gasteiger partial charge in [0.2, 0.25) is 0 Å². The summed E-state index contributed by atoms with van der Waals surface area (Å²) in [4.78, 5) is 101. The van der Waals surface area contributed by atoms with Crippen LogP contribution in [-0.4, -0.2) is 157 Å². The van der Waals surface area contributed by atoms with E-state index in [0.29, 0.717) is 34.2 Å². The molecule has 0 atom stereocenters. The van der Waals surface area contributed by atoms with Crippen LogP contribution in [0.15, 0.2) is 171 Å². The van der Waals surface area contributed by atoms with Gasteiger partial charge in [0, 0.05) is 42.2 Å². The molecule has 1 radical (unpaired) electrons. The molecule has 25 nitrogen and oxygen atoms in total. The van der Waals surface area contributed by atoms with Gasteiger partial charge in [0.1, 0.15) is 5.69 Å².